The van der Waals surface area contributed by atoms with Crippen LogP contribution in [0.5, 0.6) is 0 Å². The number of likely N-dealkylation sites (tertiary alicyclic amines) is 1. The Kier molecular flexibility index (Phi) is 6.33. The molecule has 6 nitrogen and oxygen atoms in total. The number of rotatable bonds is 5. The molecule has 0 saturated carbocycles. The Morgan fingerprint density at radius 2 is 1.90 bits per heavy atom. The monoisotopic (exact) mass is 404 g/mol. The van der Waals surface area contributed by atoms with Gasteiger partial charge in [-0.2, -0.15) is 0 Å². The highest BCUT2D eigenvalue weighted by molar-refractivity contribution is 5.79. The van der Waals surface area contributed by atoms with Crippen LogP contribution in [0.15, 0.2) is 59.7 Å². The van der Waals surface area contributed by atoms with E-state index in [1.165, 1.54) is 11.3 Å². The van der Waals surface area contributed by atoms with Crippen molar-refractivity contribution in [2.75, 3.05) is 20.1 Å². The first-order chi connectivity index (χ1) is 14.6. The second-order valence-electron chi connectivity index (χ2n) is 8.09. The van der Waals surface area contributed by atoms with Gasteiger partial charge in [0.05, 0.1) is 12.2 Å². The van der Waals surface area contributed by atoms with Crippen LogP contribution in [0.1, 0.15) is 42.8 Å². The zero-order valence-electron chi connectivity index (χ0n) is 18.2. The molecule has 6 heteroatoms. The van der Waals surface area contributed by atoms with Crippen LogP contribution in [0, 0.1) is 6.92 Å². The number of nitrogens with one attached hydrogen (secondary N) is 2. The second kappa shape index (κ2) is 9.30. The lowest BCUT2D eigenvalue weighted by Crippen LogP contribution is -2.48. The largest absolute Gasteiger partial charge is 0.354 e. The maximum absolute atomic E-state index is 4.70. The molecule has 0 bridgehead atoms. The Morgan fingerprint density at radius 3 is 2.60 bits per heavy atom. The van der Waals surface area contributed by atoms with Crippen LogP contribution in [0.3, 0.4) is 0 Å². The quantitative estimate of drug-likeness (QED) is 0.505. The van der Waals surface area contributed by atoms with E-state index in [0.29, 0.717) is 18.6 Å². The van der Waals surface area contributed by atoms with E-state index in [1.807, 2.05) is 19.2 Å². The lowest BCUT2D eigenvalue weighted by molar-refractivity contribution is 0.158. The highest BCUT2D eigenvalue weighted by Crippen LogP contribution is 2.24. The van der Waals surface area contributed by atoms with Gasteiger partial charge in [0.2, 0.25) is 0 Å². The van der Waals surface area contributed by atoms with Crippen molar-refractivity contribution in [1.29, 1.82) is 0 Å². The number of fused-ring (bicyclic) bond motifs is 1. The fourth-order valence-electron chi connectivity index (χ4n) is 4.22. The summed E-state index contributed by atoms with van der Waals surface area (Å²) in [5.41, 5.74) is 4.57. The first-order valence-electron chi connectivity index (χ1n) is 10.8. The minimum atomic E-state index is 0.443. The van der Waals surface area contributed by atoms with Crippen molar-refractivity contribution < 1.29 is 0 Å². The number of imidazole rings is 1. The molecule has 1 atom stereocenters. The van der Waals surface area contributed by atoms with Crippen molar-refractivity contribution in [3.8, 4) is 0 Å². The van der Waals surface area contributed by atoms with Crippen molar-refractivity contribution in [2.24, 2.45) is 4.99 Å². The molecule has 1 fully saturated rings. The predicted molar refractivity (Wildman–Crippen MR) is 123 cm³/mol. The van der Waals surface area contributed by atoms with Gasteiger partial charge in [-0.25, -0.2) is 4.98 Å². The molecule has 3 aromatic rings. The Labute approximate surface area is 179 Å². The number of piperidine rings is 1. The summed E-state index contributed by atoms with van der Waals surface area (Å²) < 4.78 is 2.12. The topological polar surface area (TPSA) is 57.0 Å². The molecule has 1 aliphatic rings. The highest BCUT2D eigenvalue weighted by atomic mass is 15.2. The number of pyridine rings is 1. The summed E-state index contributed by atoms with van der Waals surface area (Å²) >= 11 is 0. The number of hydrogen-bond donors (Lipinski definition) is 2. The third-order valence-electron chi connectivity index (χ3n) is 6.11. The summed E-state index contributed by atoms with van der Waals surface area (Å²) in [7, 11) is 1.83. The standard InChI is InChI=1S/C24H32N6/c1-18-8-7-11-23-27-22(17-30(18)23)16-26-24(25-3)28-21-12-14-29(15-13-21)19(2)20-9-5-4-6-10-20/h4-11,17,19,21H,12-16H2,1-3H3,(H2,25,26,28). The van der Waals surface area contributed by atoms with Crippen LogP contribution in [0.4, 0.5) is 0 Å². The first kappa shape index (κ1) is 20.4. The fourth-order valence-corrected chi connectivity index (χ4v) is 4.22. The van der Waals surface area contributed by atoms with Crippen molar-refractivity contribution in [2.45, 2.75) is 45.3 Å². The van der Waals surface area contributed by atoms with E-state index >= 15 is 0 Å². The third kappa shape index (κ3) is 4.65. The number of guanidine groups is 1. The molecule has 4 rings (SSSR count). The maximum atomic E-state index is 4.70. The average Bonchev–Trinajstić information content (AvgIpc) is 3.22. The minimum absolute atomic E-state index is 0.443. The normalized spacial score (nSPS) is 17.2. The van der Waals surface area contributed by atoms with Crippen molar-refractivity contribution in [3.05, 3.63) is 71.7 Å². The van der Waals surface area contributed by atoms with Crippen LogP contribution in [-0.4, -0.2) is 46.4 Å². The molecular formula is C24H32N6. The molecule has 0 spiro atoms. The molecule has 0 aliphatic carbocycles. The van der Waals surface area contributed by atoms with Gasteiger partial charge in [0.1, 0.15) is 5.65 Å². The predicted octanol–water partition coefficient (Wildman–Crippen LogP) is 3.53. The van der Waals surface area contributed by atoms with E-state index in [4.69, 9.17) is 4.98 Å². The summed E-state index contributed by atoms with van der Waals surface area (Å²) in [6.45, 7) is 7.25. The Hall–Kier alpha value is -2.86. The van der Waals surface area contributed by atoms with Crippen molar-refractivity contribution >= 4 is 11.6 Å². The van der Waals surface area contributed by atoms with Gasteiger partial charge in [-0.1, -0.05) is 36.4 Å². The van der Waals surface area contributed by atoms with Crippen LogP contribution < -0.4 is 10.6 Å². The van der Waals surface area contributed by atoms with Gasteiger partial charge in [0, 0.05) is 44.1 Å². The lowest BCUT2D eigenvalue weighted by atomic mass is 10.0. The summed E-state index contributed by atoms with van der Waals surface area (Å²) in [6, 6.07) is 17.9. The number of nitrogens with zero attached hydrogens (tertiary/aromatic N) is 4. The zero-order chi connectivity index (χ0) is 20.9. The van der Waals surface area contributed by atoms with Crippen LogP contribution in [0.2, 0.25) is 0 Å². The summed E-state index contributed by atoms with van der Waals surface area (Å²) in [5.74, 6) is 0.846. The van der Waals surface area contributed by atoms with Crippen molar-refractivity contribution in [3.63, 3.8) is 0 Å². The first-order valence-corrected chi connectivity index (χ1v) is 10.8. The fraction of sp³-hybridized carbons (Fsp3) is 0.417. The Morgan fingerprint density at radius 1 is 1.13 bits per heavy atom. The van der Waals surface area contributed by atoms with E-state index in [2.05, 4.69) is 81.4 Å². The van der Waals surface area contributed by atoms with Crippen LogP contribution in [-0.2, 0) is 6.54 Å². The number of aliphatic imine (C=N–C) groups is 1. The number of hydrogen-bond acceptors (Lipinski definition) is 3. The third-order valence-corrected chi connectivity index (χ3v) is 6.11. The summed E-state index contributed by atoms with van der Waals surface area (Å²) in [4.78, 5) is 11.7. The smallest absolute Gasteiger partial charge is 0.191 e. The van der Waals surface area contributed by atoms with Crippen molar-refractivity contribution in [1.82, 2.24) is 24.9 Å². The number of benzene rings is 1. The van der Waals surface area contributed by atoms with Gasteiger partial charge in [0.15, 0.2) is 5.96 Å². The molecule has 0 amide bonds. The molecule has 1 unspecified atom stereocenters. The van der Waals surface area contributed by atoms with E-state index in [9.17, 15) is 0 Å². The Bertz CT molecular complexity index is 985. The average molecular weight is 405 g/mol. The van der Waals surface area contributed by atoms with Gasteiger partial charge in [-0.3, -0.25) is 9.89 Å². The summed E-state index contributed by atoms with van der Waals surface area (Å²) in [5, 5.41) is 7.02. The van der Waals surface area contributed by atoms with Gasteiger partial charge in [-0.05, 0) is 44.4 Å². The van der Waals surface area contributed by atoms with Gasteiger partial charge < -0.3 is 15.0 Å². The van der Waals surface area contributed by atoms with Gasteiger partial charge in [0.25, 0.3) is 0 Å². The number of aryl methyl sites for hydroxylation is 1. The molecule has 1 aliphatic heterocycles. The Balaban J connectivity index is 1.28. The molecule has 2 aromatic heterocycles. The minimum Gasteiger partial charge on any atom is -0.354 e. The maximum Gasteiger partial charge on any atom is 0.191 e. The molecule has 158 valence electrons. The summed E-state index contributed by atoms with van der Waals surface area (Å²) in [6.07, 6.45) is 4.32. The molecule has 1 saturated heterocycles. The van der Waals surface area contributed by atoms with Crippen LogP contribution >= 0.6 is 0 Å². The lowest BCUT2D eigenvalue weighted by Gasteiger charge is -2.37. The molecule has 1 aromatic carbocycles. The highest BCUT2D eigenvalue weighted by Gasteiger charge is 2.24. The second-order valence-corrected chi connectivity index (χ2v) is 8.09. The number of aromatic nitrogens is 2. The van der Waals surface area contributed by atoms with Gasteiger partial charge >= 0.3 is 0 Å². The van der Waals surface area contributed by atoms with E-state index in [1.54, 1.807) is 0 Å². The SMILES string of the molecule is CN=C(NCc1cn2c(C)cccc2n1)NC1CCN(C(C)c2ccccc2)CC1. The van der Waals surface area contributed by atoms with Gasteiger partial charge in [-0.15, -0.1) is 0 Å². The molecule has 30 heavy (non-hydrogen) atoms. The van der Waals surface area contributed by atoms with Crippen LogP contribution in [0.25, 0.3) is 5.65 Å². The van der Waals surface area contributed by atoms with E-state index in [-0.39, 0.29) is 0 Å². The molecule has 0 radical (unpaired) electrons. The molecule has 2 N–H and O–H groups in total. The molecule has 3 heterocycles. The zero-order valence-corrected chi connectivity index (χ0v) is 18.2. The van der Waals surface area contributed by atoms with E-state index < -0.39 is 0 Å². The molecular weight excluding hydrogens is 372 g/mol. The van der Waals surface area contributed by atoms with E-state index in [0.717, 1.165) is 43.2 Å².